The Morgan fingerprint density at radius 3 is 1.38 bits per heavy atom. The molecule has 142 valence electrons. The highest BCUT2D eigenvalue weighted by molar-refractivity contribution is 8.10. The summed E-state index contributed by atoms with van der Waals surface area (Å²) in [6.45, 7) is 2.13. The van der Waals surface area contributed by atoms with Crippen LogP contribution in [-0.2, 0) is 19.7 Å². The lowest BCUT2D eigenvalue weighted by Gasteiger charge is -2.31. The van der Waals surface area contributed by atoms with Crippen molar-refractivity contribution in [2.24, 2.45) is 0 Å². The van der Waals surface area contributed by atoms with Crippen LogP contribution in [0.3, 0.4) is 0 Å². The summed E-state index contributed by atoms with van der Waals surface area (Å²) in [7, 11) is -9.97. The largest absolute Gasteiger partial charge is 0.393 e. The van der Waals surface area contributed by atoms with Crippen LogP contribution in [0.5, 0.6) is 0 Å². The van der Waals surface area contributed by atoms with Gasteiger partial charge in [-0.2, -0.15) is 0 Å². The van der Waals surface area contributed by atoms with Gasteiger partial charge in [-0.1, -0.05) is 35.4 Å². The van der Waals surface area contributed by atoms with Crippen molar-refractivity contribution in [3.63, 3.8) is 0 Å². The van der Waals surface area contributed by atoms with Crippen molar-refractivity contribution < 1.29 is 32.2 Å². The van der Waals surface area contributed by atoms with Crippen LogP contribution in [0.15, 0.2) is 58.3 Å². The maximum atomic E-state index is 13.0. The first kappa shape index (κ1) is 20.5. The molecule has 0 radical (unpaired) electrons. The van der Waals surface area contributed by atoms with Gasteiger partial charge in [-0.15, -0.1) is 0 Å². The fourth-order valence-corrected chi connectivity index (χ4v) is 6.65. The zero-order valence-corrected chi connectivity index (χ0v) is 15.8. The quantitative estimate of drug-likeness (QED) is 0.646. The lowest BCUT2D eigenvalue weighted by Crippen LogP contribution is -2.56. The minimum Gasteiger partial charge on any atom is -0.393 e. The molecule has 0 aliphatic carbocycles. The van der Waals surface area contributed by atoms with Crippen molar-refractivity contribution in [2.45, 2.75) is 34.0 Å². The van der Waals surface area contributed by atoms with Gasteiger partial charge in [0.1, 0.15) is 6.10 Å². The average molecular weight is 400 g/mol. The van der Waals surface area contributed by atoms with Crippen molar-refractivity contribution in [1.82, 2.24) is 0 Å². The van der Waals surface area contributed by atoms with E-state index in [-0.39, 0.29) is 0 Å². The molecule has 0 bridgehead atoms. The second-order valence-corrected chi connectivity index (χ2v) is 10.4. The van der Waals surface area contributed by atoms with Crippen LogP contribution >= 0.6 is 0 Å². The van der Waals surface area contributed by atoms with Gasteiger partial charge in [0.25, 0.3) is 0 Å². The molecule has 0 fully saturated rings. The Bertz CT molecular complexity index is 901. The van der Waals surface area contributed by atoms with E-state index in [4.69, 9.17) is 0 Å². The van der Waals surface area contributed by atoms with Crippen LogP contribution in [0.2, 0.25) is 0 Å². The SMILES string of the molecule is Cc1ccc(S(=O)(=O)C(O)(C(O)CO)S(=O)(=O)c2ccc(C)cc2)cc1. The predicted molar refractivity (Wildman–Crippen MR) is 94.8 cm³/mol. The van der Waals surface area contributed by atoms with E-state index in [1.807, 2.05) is 0 Å². The molecule has 2 aromatic rings. The summed E-state index contributed by atoms with van der Waals surface area (Å²) in [5.41, 5.74) is 1.44. The minimum absolute atomic E-state index is 0.492. The molecular weight excluding hydrogens is 380 g/mol. The van der Waals surface area contributed by atoms with Gasteiger partial charge in [-0.05, 0) is 38.1 Å². The molecule has 0 saturated heterocycles. The number of aliphatic hydroxyl groups excluding tert-OH is 2. The van der Waals surface area contributed by atoms with Crippen LogP contribution < -0.4 is 0 Å². The summed E-state index contributed by atoms with van der Waals surface area (Å²) < 4.78 is 48.2. The Balaban J connectivity index is 2.76. The Morgan fingerprint density at radius 1 is 0.808 bits per heavy atom. The molecule has 1 atom stereocenters. The number of benzene rings is 2. The van der Waals surface area contributed by atoms with E-state index in [1.165, 1.54) is 24.3 Å². The molecule has 3 N–H and O–H groups in total. The van der Waals surface area contributed by atoms with Gasteiger partial charge >= 0.3 is 4.27 Å². The lowest BCUT2D eigenvalue weighted by molar-refractivity contribution is 0.00190. The summed E-state index contributed by atoms with van der Waals surface area (Å²) in [5.74, 6) is 0. The summed E-state index contributed by atoms with van der Waals surface area (Å²) >= 11 is 0. The van der Waals surface area contributed by atoms with Crippen molar-refractivity contribution in [1.29, 1.82) is 0 Å². The maximum absolute atomic E-state index is 13.0. The second kappa shape index (κ2) is 7.09. The molecular formula is C17H20O7S2. The second-order valence-electron chi connectivity index (χ2n) is 5.96. The van der Waals surface area contributed by atoms with Gasteiger partial charge in [-0.25, -0.2) is 16.8 Å². The predicted octanol–water partition coefficient (Wildman–Crippen LogP) is 0.550. The normalized spacial score (nSPS) is 14.2. The summed E-state index contributed by atoms with van der Waals surface area (Å²) in [6.07, 6.45) is -2.47. The smallest absolute Gasteiger partial charge is 0.305 e. The Morgan fingerprint density at radius 2 is 1.12 bits per heavy atom. The van der Waals surface area contributed by atoms with E-state index < -0.39 is 46.4 Å². The van der Waals surface area contributed by atoms with Gasteiger partial charge in [0, 0.05) is 0 Å². The first-order chi connectivity index (χ1) is 12.0. The molecule has 1 unspecified atom stereocenters. The van der Waals surface area contributed by atoms with Crippen molar-refractivity contribution in [3.8, 4) is 0 Å². The fraction of sp³-hybridized carbons (Fsp3) is 0.294. The number of sulfone groups is 2. The van der Waals surface area contributed by atoms with E-state index in [0.717, 1.165) is 35.4 Å². The summed E-state index contributed by atoms with van der Waals surface area (Å²) in [5, 5.41) is 30.1. The van der Waals surface area contributed by atoms with Crippen LogP contribution in [0.25, 0.3) is 0 Å². The van der Waals surface area contributed by atoms with Crippen LogP contribution in [-0.4, -0.2) is 49.1 Å². The molecule has 0 aliphatic heterocycles. The fourth-order valence-electron chi connectivity index (χ4n) is 2.39. The van der Waals surface area contributed by atoms with Crippen molar-refractivity contribution >= 4 is 19.7 Å². The van der Waals surface area contributed by atoms with Crippen molar-refractivity contribution in [3.05, 3.63) is 59.7 Å². The Kier molecular flexibility index (Phi) is 5.60. The Hall–Kier alpha value is -1.78. The van der Waals surface area contributed by atoms with Crippen LogP contribution in [0.1, 0.15) is 11.1 Å². The van der Waals surface area contributed by atoms with Gasteiger partial charge < -0.3 is 15.3 Å². The number of hydrogen-bond donors (Lipinski definition) is 3. The third kappa shape index (κ3) is 3.17. The summed E-state index contributed by atoms with van der Waals surface area (Å²) in [4.78, 5) is -0.984. The number of aliphatic hydroxyl groups is 3. The van der Waals surface area contributed by atoms with Crippen molar-refractivity contribution in [2.75, 3.05) is 6.61 Å². The third-order valence-corrected chi connectivity index (χ3v) is 9.21. The Labute approximate surface area is 152 Å². The van der Waals surface area contributed by atoms with E-state index in [1.54, 1.807) is 13.8 Å². The molecule has 9 heteroatoms. The topological polar surface area (TPSA) is 129 Å². The highest BCUT2D eigenvalue weighted by Gasteiger charge is 2.60. The molecule has 0 heterocycles. The molecule has 26 heavy (non-hydrogen) atoms. The van der Waals surface area contributed by atoms with Gasteiger partial charge in [0.15, 0.2) is 0 Å². The highest BCUT2D eigenvalue weighted by atomic mass is 32.3. The van der Waals surface area contributed by atoms with Crippen LogP contribution in [0, 0.1) is 13.8 Å². The molecule has 7 nitrogen and oxygen atoms in total. The van der Waals surface area contributed by atoms with E-state index >= 15 is 0 Å². The van der Waals surface area contributed by atoms with Gasteiger partial charge in [-0.3, -0.25) is 0 Å². The first-order valence-corrected chi connectivity index (χ1v) is 10.6. The zero-order valence-electron chi connectivity index (χ0n) is 14.2. The monoisotopic (exact) mass is 400 g/mol. The minimum atomic E-state index is -4.99. The third-order valence-electron chi connectivity index (χ3n) is 4.03. The first-order valence-electron chi connectivity index (χ1n) is 7.62. The number of aryl methyl sites for hydroxylation is 2. The highest BCUT2D eigenvalue weighted by Crippen LogP contribution is 2.36. The molecule has 0 aliphatic rings. The average Bonchev–Trinajstić information content (AvgIpc) is 2.60. The number of rotatable bonds is 6. The molecule has 2 rings (SSSR count). The zero-order chi connectivity index (χ0) is 19.8. The summed E-state index contributed by atoms with van der Waals surface area (Å²) in [6, 6.07) is 10.2. The maximum Gasteiger partial charge on any atom is 0.305 e. The molecule has 0 aromatic heterocycles. The van der Waals surface area contributed by atoms with Gasteiger partial charge in [0.2, 0.25) is 19.7 Å². The van der Waals surface area contributed by atoms with Crippen LogP contribution in [0.4, 0.5) is 0 Å². The standard InChI is InChI=1S/C17H20O7S2/c1-12-3-7-14(8-4-12)25(21,22)17(20,16(19)11-18)26(23,24)15-9-5-13(2)6-10-15/h3-10,16,18-20H,11H2,1-2H3. The van der Waals surface area contributed by atoms with Gasteiger partial charge in [0.05, 0.1) is 16.4 Å². The molecule has 0 amide bonds. The van der Waals surface area contributed by atoms with E-state index in [2.05, 4.69) is 0 Å². The molecule has 2 aromatic carbocycles. The lowest BCUT2D eigenvalue weighted by atomic mass is 10.2. The van der Waals surface area contributed by atoms with E-state index in [0.29, 0.717) is 0 Å². The number of hydrogen-bond acceptors (Lipinski definition) is 7. The van der Waals surface area contributed by atoms with E-state index in [9.17, 15) is 32.2 Å². The molecule has 0 saturated carbocycles. The molecule has 0 spiro atoms.